The number of aliphatic hydroxyl groups excluding tert-OH is 1. The van der Waals surface area contributed by atoms with Gasteiger partial charge in [0.25, 0.3) is 0 Å². The van der Waals surface area contributed by atoms with Gasteiger partial charge < -0.3 is 5.11 Å². The number of nitrogens with zero attached hydrogens (tertiary/aromatic N) is 1. The van der Waals surface area contributed by atoms with Gasteiger partial charge >= 0.3 is 5.91 Å². The van der Waals surface area contributed by atoms with Crippen molar-refractivity contribution in [1.29, 1.82) is 0 Å². The highest BCUT2D eigenvalue weighted by molar-refractivity contribution is 5.95. The third-order valence-corrected chi connectivity index (χ3v) is 4.53. The summed E-state index contributed by atoms with van der Waals surface area (Å²) in [7, 11) is 0. The van der Waals surface area contributed by atoms with Crippen molar-refractivity contribution in [2.75, 3.05) is 13.2 Å². The lowest BCUT2D eigenvalue weighted by atomic mass is 10.1. The van der Waals surface area contributed by atoms with Crippen molar-refractivity contribution < 1.29 is 9.90 Å². The molecule has 3 nitrogen and oxygen atoms in total. The van der Waals surface area contributed by atoms with Crippen LogP contribution in [0.3, 0.4) is 0 Å². The highest BCUT2D eigenvalue weighted by Crippen LogP contribution is 2.35. The van der Waals surface area contributed by atoms with Crippen LogP contribution >= 0.6 is 0 Å². The summed E-state index contributed by atoms with van der Waals surface area (Å²) < 4.78 is 0.00702. The van der Waals surface area contributed by atoms with E-state index in [1.165, 1.54) is 5.56 Å². The lowest BCUT2D eigenvalue weighted by molar-refractivity contribution is -0.130. The molecule has 1 amide bonds. The molecular formula is C22H22NO2+. The summed E-state index contributed by atoms with van der Waals surface area (Å²) in [6, 6.07) is 29.5. The van der Waals surface area contributed by atoms with Gasteiger partial charge in [-0.2, -0.15) is 4.48 Å². The minimum absolute atomic E-state index is 0.00702. The Morgan fingerprint density at radius 2 is 1.16 bits per heavy atom. The van der Waals surface area contributed by atoms with Crippen molar-refractivity contribution in [3.8, 4) is 0 Å². The van der Waals surface area contributed by atoms with E-state index in [9.17, 15) is 9.90 Å². The zero-order chi connectivity index (χ0) is 17.5. The van der Waals surface area contributed by atoms with E-state index in [1.807, 2.05) is 78.9 Å². The summed E-state index contributed by atoms with van der Waals surface area (Å²) in [5.74, 6) is -0.228. The number of quaternary nitrogens is 1. The van der Waals surface area contributed by atoms with E-state index in [0.717, 1.165) is 17.8 Å². The molecule has 0 fully saturated rings. The number of carbonyl (C=O) groups excluding carboxylic acids is 1. The van der Waals surface area contributed by atoms with E-state index in [-0.39, 0.29) is 10.4 Å². The van der Waals surface area contributed by atoms with Gasteiger partial charge in [-0.15, -0.1) is 0 Å². The van der Waals surface area contributed by atoms with Gasteiger partial charge in [0.1, 0.15) is 11.4 Å². The predicted molar refractivity (Wildman–Crippen MR) is 101 cm³/mol. The molecule has 0 heterocycles. The fourth-order valence-electron chi connectivity index (χ4n) is 3.25. The lowest BCUT2D eigenvalue weighted by Gasteiger charge is -2.34. The first kappa shape index (κ1) is 17.1. The molecule has 0 bridgehead atoms. The van der Waals surface area contributed by atoms with Gasteiger partial charge in [0.2, 0.25) is 0 Å². The fourth-order valence-corrected chi connectivity index (χ4v) is 3.25. The normalized spacial score (nSPS) is 11.2. The molecule has 0 aromatic heterocycles. The van der Waals surface area contributed by atoms with Crippen LogP contribution in [0.1, 0.15) is 5.56 Å². The van der Waals surface area contributed by atoms with Gasteiger partial charge in [0.05, 0.1) is 6.54 Å². The first-order valence-electron chi connectivity index (χ1n) is 8.45. The van der Waals surface area contributed by atoms with Crippen molar-refractivity contribution >= 4 is 17.3 Å². The van der Waals surface area contributed by atoms with Crippen LogP contribution < -0.4 is 4.48 Å². The Morgan fingerprint density at radius 3 is 1.60 bits per heavy atom. The molecule has 3 rings (SSSR count). The van der Waals surface area contributed by atoms with Crippen molar-refractivity contribution in [2.24, 2.45) is 0 Å². The first-order valence-corrected chi connectivity index (χ1v) is 8.45. The highest BCUT2D eigenvalue weighted by atomic mass is 16.3. The SMILES string of the molecule is O=C(CO)[N+](CCc1ccccc1)(c1ccccc1)c1ccccc1. The summed E-state index contributed by atoms with van der Waals surface area (Å²) in [5.41, 5.74) is 2.90. The second-order valence-electron chi connectivity index (χ2n) is 5.99. The molecule has 25 heavy (non-hydrogen) atoms. The Labute approximate surface area is 148 Å². The Morgan fingerprint density at radius 1 is 0.720 bits per heavy atom. The number of hydrogen-bond acceptors (Lipinski definition) is 2. The Bertz CT molecular complexity index is 762. The molecule has 0 aliphatic carbocycles. The lowest BCUT2D eigenvalue weighted by Crippen LogP contribution is -2.52. The molecule has 0 unspecified atom stereocenters. The number of rotatable bonds is 6. The Balaban J connectivity index is 2.10. The summed E-state index contributed by atoms with van der Waals surface area (Å²) >= 11 is 0. The fraction of sp³-hybridized carbons (Fsp3) is 0.136. The smallest absolute Gasteiger partial charge is 0.349 e. The summed E-state index contributed by atoms with van der Waals surface area (Å²) in [6.07, 6.45) is 0.733. The Kier molecular flexibility index (Phi) is 5.39. The average molecular weight is 332 g/mol. The van der Waals surface area contributed by atoms with Gasteiger partial charge in [-0.25, -0.2) is 4.79 Å². The van der Waals surface area contributed by atoms with E-state index >= 15 is 0 Å². The molecule has 0 atom stereocenters. The minimum atomic E-state index is -0.501. The number of aliphatic hydroxyl groups is 1. The topological polar surface area (TPSA) is 37.3 Å². The maximum Gasteiger partial charge on any atom is 0.349 e. The second-order valence-corrected chi connectivity index (χ2v) is 5.99. The van der Waals surface area contributed by atoms with E-state index < -0.39 is 6.61 Å². The van der Waals surface area contributed by atoms with Crippen LogP contribution in [0.2, 0.25) is 0 Å². The second kappa shape index (κ2) is 7.88. The zero-order valence-electron chi connectivity index (χ0n) is 14.1. The standard InChI is InChI=1S/C22H22NO2/c24-18-22(25)23(20-12-6-2-7-13-20,21-14-8-3-9-15-21)17-16-19-10-4-1-5-11-19/h1-15,24H,16-18H2/q+1. The number of hydrogen-bond donors (Lipinski definition) is 1. The minimum Gasteiger partial charge on any atom is -0.382 e. The van der Waals surface area contributed by atoms with Crippen LogP contribution in [0.5, 0.6) is 0 Å². The van der Waals surface area contributed by atoms with Gasteiger partial charge in [-0.3, -0.25) is 0 Å². The van der Waals surface area contributed by atoms with Gasteiger partial charge in [-0.1, -0.05) is 66.7 Å². The molecule has 0 radical (unpaired) electrons. The van der Waals surface area contributed by atoms with Crippen molar-refractivity contribution in [3.05, 3.63) is 96.6 Å². The van der Waals surface area contributed by atoms with E-state index in [2.05, 4.69) is 12.1 Å². The van der Waals surface area contributed by atoms with Crippen molar-refractivity contribution in [3.63, 3.8) is 0 Å². The van der Waals surface area contributed by atoms with E-state index in [0.29, 0.717) is 6.54 Å². The monoisotopic (exact) mass is 332 g/mol. The van der Waals surface area contributed by atoms with Crippen LogP contribution in [0.15, 0.2) is 91.0 Å². The van der Waals surface area contributed by atoms with Crippen LogP contribution in [0, 0.1) is 0 Å². The molecule has 1 N–H and O–H groups in total. The third kappa shape index (κ3) is 3.53. The van der Waals surface area contributed by atoms with Gasteiger partial charge in [0, 0.05) is 30.7 Å². The van der Waals surface area contributed by atoms with Crippen LogP contribution in [0.4, 0.5) is 11.4 Å². The molecule has 0 saturated heterocycles. The summed E-state index contributed by atoms with van der Waals surface area (Å²) in [5, 5.41) is 9.73. The van der Waals surface area contributed by atoms with Crippen LogP contribution in [-0.2, 0) is 11.2 Å². The molecule has 0 aliphatic heterocycles. The van der Waals surface area contributed by atoms with Crippen molar-refractivity contribution in [1.82, 2.24) is 4.48 Å². The van der Waals surface area contributed by atoms with Gasteiger partial charge in [0.15, 0.2) is 6.61 Å². The molecule has 0 spiro atoms. The van der Waals surface area contributed by atoms with Crippen LogP contribution in [0.25, 0.3) is 0 Å². The van der Waals surface area contributed by atoms with Gasteiger partial charge in [-0.05, 0) is 5.56 Å². The van der Waals surface area contributed by atoms with Crippen molar-refractivity contribution in [2.45, 2.75) is 6.42 Å². The molecule has 126 valence electrons. The average Bonchev–Trinajstić information content (AvgIpc) is 2.70. The third-order valence-electron chi connectivity index (χ3n) is 4.53. The summed E-state index contributed by atoms with van der Waals surface area (Å²) in [4.78, 5) is 13.0. The summed E-state index contributed by atoms with van der Waals surface area (Å²) in [6.45, 7) is 0.0516. The molecule has 3 heteroatoms. The number of para-hydroxylation sites is 2. The van der Waals surface area contributed by atoms with E-state index in [4.69, 9.17) is 0 Å². The molecule has 3 aromatic rings. The molecular weight excluding hydrogens is 310 g/mol. The Hall–Kier alpha value is -2.75. The quantitative estimate of drug-likeness (QED) is 0.691. The molecule has 0 saturated carbocycles. The number of benzene rings is 3. The van der Waals surface area contributed by atoms with Crippen LogP contribution in [-0.4, -0.2) is 24.2 Å². The van der Waals surface area contributed by atoms with E-state index in [1.54, 1.807) is 0 Å². The predicted octanol–water partition coefficient (Wildman–Crippen LogP) is 4.09. The maximum atomic E-state index is 13.0. The molecule has 0 aliphatic rings. The molecule has 3 aromatic carbocycles. The highest BCUT2D eigenvalue weighted by Gasteiger charge is 2.40. The maximum absolute atomic E-state index is 13.0. The number of carbonyl (C=O) groups is 1. The zero-order valence-corrected chi connectivity index (χ0v) is 14.1. The largest absolute Gasteiger partial charge is 0.382 e. The number of amides is 1. The first-order chi connectivity index (χ1) is 12.3.